The van der Waals surface area contributed by atoms with Gasteiger partial charge in [-0.1, -0.05) is 13.8 Å². The van der Waals surface area contributed by atoms with Gasteiger partial charge in [0.15, 0.2) is 5.13 Å². The first-order valence-electron chi connectivity index (χ1n) is 7.86. The summed E-state index contributed by atoms with van der Waals surface area (Å²) in [4.78, 5) is 25.2. The van der Waals surface area contributed by atoms with Crippen LogP contribution in [0.5, 0.6) is 0 Å². The Kier molecular flexibility index (Phi) is 4.57. The summed E-state index contributed by atoms with van der Waals surface area (Å²) >= 11 is 1.46. The normalized spacial score (nSPS) is 11.4. The number of hydrogen-bond donors (Lipinski definition) is 1. The SMILES string of the molecule is Cc1nc2ncnn2c(C)c1CCC(=O)Nc1nc(C(C)C)cs1. The third-order valence-corrected chi connectivity index (χ3v) is 4.73. The first kappa shape index (κ1) is 16.5. The standard InChI is InChI=1S/C16H20N6OS/c1-9(2)13-7-24-16(20-13)21-14(23)6-5-12-10(3)19-15-17-8-18-22(15)11(12)4/h7-9H,5-6H2,1-4H3,(H,20,21,23). The second-order valence-electron chi connectivity index (χ2n) is 6.01. The summed E-state index contributed by atoms with van der Waals surface area (Å²) in [5.41, 5.74) is 3.89. The fourth-order valence-corrected chi connectivity index (χ4v) is 3.43. The molecule has 126 valence electrons. The number of carbonyl (C=O) groups excluding carboxylic acids is 1. The number of fused-ring (bicyclic) bond motifs is 1. The molecule has 0 atom stereocenters. The molecule has 3 aromatic rings. The van der Waals surface area contributed by atoms with Crippen LogP contribution in [0, 0.1) is 13.8 Å². The fourth-order valence-electron chi connectivity index (χ4n) is 2.55. The van der Waals surface area contributed by atoms with E-state index in [0.29, 0.717) is 29.7 Å². The van der Waals surface area contributed by atoms with Crippen LogP contribution in [-0.4, -0.2) is 30.5 Å². The molecule has 3 rings (SSSR count). The molecule has 7 nitrogen and oxygen atoms in total. The van der Waals surface area contributed by atoms with Crippen LogP contribution in [0.4, 0.5) is 5.13 Å². The largest absolute Gasteiger partial charge is 0.302 e. The zero-order valence-corrected chi connectivity index (χ0v) is 15.0. The Labute approximate surface area is 144 Å². The van der Waals surface area contributed by atoms with Gasteiger partial charge in [0.1, 0.15) is 6.33 Å². The third-order valence-electron chi connectivity index (χ3n) is 3.95. The number of aromatic nitrogens is 5. The quantitative estimate of drug-likeness (QED) is 0.769. The van der Waals surface area contributed by atoms with E-state index in [2.05, 4.69) is 39.2 Å². The van der Waals surface area contributed by atoms with Crippen molar-refractivity contribution in [1.82, 2.24) is 24.6 Å². The molecule has 0 aromatic carbocycles. The summed E-state index contributed by atoms with van der Waals surface area (Å²) < 4.78 is 1.70. The Morgan fingerprint density at radius 2 is 2.12 bits per heavy atom. The first-order valence-corrected chi connectivity index (χ1v) is 8.74. The van der Waals surface area contributed by atoms with Crippen LogP contribution in [-0.2, 0) is 11.2 Å². The van der Waals surface area contributed by atoms with Crippen molar-refractivity contribution in [3.8, 4) is 0 Å². The summed E-state index contributed by atoms with van der Waals surface area (Å²) in [7, 11) is 0. The molecule has 8 heteroatoms. The third kappa shape index (κ3) is 3.28. The summed E-state index contributed by atoms with van der Waals surface area (Å²) in [6.45, 7) is 8.07. The molecule has 0 fully saturated rings. The van der Waals surface area contributed by atoms with Gasteiger partial charge in [0, 0.05) is 23.2 Å². The van der Waals surface area contributed by atoms with Gasteiger partial charge in [-0.15, -0.1) is 11.3 Å². The summed E-state index contributed by atoms with van der Waals surface area (Å²) in [5.74, 6) is 0.900. The zero-order chi connectivity index (χ0) is 17.3. The van der Waals surface area contributed by atoms with E-state index in [1.807, 2.05) is 19.2 Å². The molecular formula is C16H20N6OS. The number of nitrogens with one attached hydrogen (secondary N) is 1. The number of anilines is 1. The highest BCUT2D eigenvalue weighted by molar-refractivity contribution is 7.13. The monoisotopic (exact) mass is 344 g/mol. The second-order valence-corrected chi connectivity index (χ2v) is 6.87. The minimum absolute atomic E-state index is 0.0443. The molecule has 3 aromatic heterocycles. The Hall–Kier alpha value is -2.35. The lowest BCUT2D eigenvalue weighted by atomic mass is 10.1. The van der Waals surface area contributed by atoms with E-state index >= 15 is 0 Å². The number of aryl methyl sites for hydroxylation is 2. The maximum absolute atomic E-state index is 12.2. The molecule has 0 aliphatic rings. The van der Waals surface area contributed by atoms with Crippen LogP contribution in [0.15, 0.2) is 11.7 Å². The highest BCUT2D eigenvalue weighted by Gasteiger charge is 2.13. The highest BCUT2D eigenvalue weighted by atomic mass is 32.1. The molecule has 1 N–H and O–H groups in total. The lowest BCUT2D eigenvalue weighted by molar-refractivity contribution is -0.116. The molecule has 0 saturated carbocycles. The minimum Gasteiger partial charge on any atom is -0.302 e. The van der Waals surface area contributed by atoms with E-state index in [0.717, 1.165) is 22.6 Å². The number of hydrogen-bond acceptors (Lipinski definition) is 6. The Morgan fingerprint density at radius 3 is 2.83 bits per heavy atom. The van der Waals surface area contributed by atoms with Crippen molar-refractivity contribution in [2.75, 3.05) is 5.32 Å². The Bertz CT molecular complexity index is 882. The molecule has 3 heterocycles. The lowest BCUT2D eigenvalue weighted by Crippen LogP contribution is -2.14. The van der Waals surface area contributed by atoms with E-state index in [1.54, 1.807) is 4.52 Å². The van der Waals surface area contributed by atoms with E-state index in [-0.39, 0.29) is 5.91 Å². The zero-order valence-electron chi connectivity index (χ0n) is 14.2. The molecule has 24 heavy (non-hydrogen) atoms. The van der Waals surface area contributed by atoms with Crippen molar-refractivity contribution < 1.29 is 4.79 Å². The van der Waals surface area contributed by atoms with Crippen LogP contribution in [0.3, 0.4) is 0 Å². The highest BCUT2D eigenvalue weighted by Crippen LogP contribution is 2.22. The van der Waals surface area contributed by atoms with Crippen molar-refractivity contribution >= 4 is 28.2 Å². The summed E-state index contributed by atoms with van der Waals surface area (Å²) in [5, 5.41) is 9.68. The second kappa shape index (κ2) is 6.64. The van der Waals surface area contributed by atoms with Crippen molar-refractivity contribution in [3.63, 3.8) is 0 Å². The Morgan fingerprint density at radius 1 is 1.33 bits per heavy atom. The van der Waals surface area contributed by atoms with Gasteiger partial charge in [-0.3, -0.25) is 4.79 Å². The van der Waals surface area contributed by atoms with Crippen molar-refractivity contribution in [2.45, 2.75) is 46.5 Å². The van der Waals surface area contributed by atoms with E-state index in [9.17, 15) is 4.79 Å². The molecule has 0 aliphatic heterocycles. The average molecular weight is 344 g/mol. The predicted molar refractivity (Wildman–Crippen MR) is 93.4 cm³/mol. The summed E-state index contributed by atoms with van der Waals surface area (Å²) in [6, 6.07) is 0. The number of nitrogens with zero attached hydrogens (tertiary/aromatic N) is 5. The van der Waals surface area contributed by atoms with Gasteiger partial charge in [0.25, 0.3) is 5.78 Å². The van der Waals surface area contributed by atoms with Crippen molar-refractivity contribution in [2.24, 2.45) is 0 Å². The summed E-state index contributed by atoms with van der Waals surface area (Å²) in [6.07, 6.45) is 2.47. The number of carbonyl (C=O) groups is 1. The Balaban J connectivity index is 1.67. The van der Waals surface area contributed by atoms with Gasteiger partial charge in [0.2, 0.25) is 5.91 Å². The maximum atomic E-state index is 12.2. The van der Waals surface area contributed by atoms with Crippen molar-refractivity contribution in [3.05, 3.63) is 34.4 Å². The van der Waals surface area contributed by atoms with Crippen LogP contribution in [0.2, 0.25) is 0 Å². The lowest BCUT2D eigenvalue weighted by Gasteiger charge is -2.10. The predicted octanol–water partition coefficient (Wildman–Crippen LogP) is 2.89. The molecule has 0 unspecified atom stereocenters. The van der Waals surface area contributed by atoms with Crippen LogP contribution in [0.25, 0.3) is 5.78 Å². The topological polar surface area (TPSA) is 85.1 Å². The molecule has 1 amide bonds. The van der Waals surface area contributed by atoms with Gasteiger partial charge in [-0.2, -0.15) is 10.1 Å². The number of rotatable bonds is 5. The van der Waals surface area contributed by atoms with Crippen LogP contribution < -0.4 is 5.32 Å². The van der Waals surface area contributed by atoms with Gasteiger partial charge in [-0.05, 0) is 31.7 Å². The van der Waals surface area contributed by atoms with Gasteiger partial charge in [0.05, 0.1) is 5.69 Å². The van der Waals surface area contributed by atoms with Gasteiger partial charge < -0.3 is 5.32 Å². The fraction of sp³-hybridized carbons (Fsp3) is 0.438. The maximum Gasteiger partial charge on any atom is 0.252 e. The molecule has 0 bridgehead atoms. The number of amides is 1. The van der Waals surface area contributed by atoms with E-state index < -0.39 is 0 Å². The number of thiazole rings is 1. The van der Waals surface area contributed by atoms with Crippen LogP contribution >= 0.6 is 11.3 Å². The van der Waals surface area contributed by atoms with Gasteiger partial charge >= 0.3 is 0 Å². The van der Waals surface area contributed by atoms with E-state index in [4.69, 9.17) is 0 Å². The van der Waals surface area contributed by atoms with Gasteiger partial charge in [-0.25, -0.2) is 14.5 Å². The van der Waals surface area contributed by atoms with Crippen molar-refractivity contribution in [1.29, 1.82) is 0 Å². The minimum atomic E-state index is -0.0443. The molecular weight excluding hydrogens is 324 g/mol. The van der Waals surface area contributed by atoms with Crippen LogP contribution in [0.1, 0.15) is 48.8 Å². The molecule has 0 spiro atoms. The first-order chi connectivity index (χ1) is 11.5. The molecule has 0 radical (unpaired) electrons. The molecule has 0 aliphatic carbocycles. The van der Waals surface area contributed by atoms with E-state index in [1.165, 1.54) is 17.7 Å². The average Bonchev–Trinajstić information content (AvgIpc) is 3.16. The molecule has 0 saturated heterocycles. The smallest absolute Gasteiger partial charge is 0.252 e.